The Labute approximate surface area is 156 Å². The van der Waals surface area contributed by atoms with E-state index in [1.165, 1.54) is 0 Å². The first-order valence-corrected chi connectivity index (χ1v) is 9.16. The summed E-state index contributed by atoms with van der Waals surface area (Å²) in [6.45, 7) is 4.28. The number of rotatable bonds is 6. The topological polar surface area (TPSA) is 24.7 Å². The van der Waals surface area contributed by atoms with Gasteiger partial charge in [0.25, 0.3) is 0 Å². The van der Waals surface area contributed by atoms with Gasteiger partial charge in [-0.15, -0.1) is 0 Å². The molecule has 3 rings (SSSR count). The predicted molar refractivity (Wildman–Crippen MR) is 112 cm³/mol. The van der Waals surface area contributed by atoms with E-state index in [4.69, 9.17) is 9.98 Å². The second kappa shape index (κ2) is 8.91. The summed E-state index contributed by atoms with van der Waals surface area (Å²) in [6.07, 6.45) is 1.75. The van der Waals surface area contributed by atoms with Crippen LogP contribution >= 0.6 is 0 Å². The zero-order chi connectivity index (χ0) is 18.2. The average molecular weight is 340 g/mol. The highest BCUT2D eigenvalue weighted by molar-refractivity contribution is 6.04. The van der Waals surface area contributed by atoms with Crippen LogP contribution in [0.1, 0.15) is 37.8 Å². The second-order valence-corrected chi connectivity index (χ2v) is 6.04. The van der Waals surface area contributed by atoms with Gasteiger partial charge in [-0.3, -0.25) is 9.98 Å². The zero-order valence-electron chi connectivity index (χ0n) is 15.4. The van der Waals surface area contributed by atoms with Gasteiger partial charge in [0.1, 0.15) is 0 Å². The summed E-state index contributed by atoms with van der Waals surface area (Å²) in [4.78, 5) is 9.88. The standard InChI is InChI=1S/C24H24N2/c1-3-21(19-13-7-5-8-14-19)25-23-17-11-12-18-24(23)26-22(4-2)20-15-9-6-10-16-20/h5-18H,3-4H2,1-2H3. The molecule has 26 heavy (non-hydrogen) atoms. The van der Waals surface area contributed by atoms with E-state index in [2.05, 4.69) is 62.4 Å². The third-order valence-electron chi connectivity index (χ3n) is 4.28. The molecular formula is C24H24N2. The van der Waals surface area contributed by atoms with E-state index in [-0.39, 0.29) is 0 Å². The van der Waals surface area contributed by atoms with Crippen LogP contribution in [-0.2, 0) is 0 Å². The molecule has 0 aliphatic carbocycles. The number of nitrogens with zero attached hydrogens (tertiary/aromatic N) is 2. The van der Waals surface area contributed by atoms with Crippen molar-refractivity contribution in [1.29, 1.82) is 0 Å². The molecule has 0 atom stereocenters. The molecule has 0 fully saturated rings. The van der Waals surface area contributed by atoms with Gasteiger partial charge in [0, 0.05) is 11.4 Å². The molecule has 0 saturated heterocycles. The van der Waals surface area contributed by atoms with E-state index in [1.807, 2.05) is 36.4 Å². The van der Waals surface area contributed by atoms with Gasteiger partial charge in [0.05, 0.1) is 11.4 Å². The molecule has 0 heterocycles. The molecule has 0 aliphatic rings. The summed E-state index contributed by atoms with van der Waals surface area (Å²) in [7, 11) is 0. The Balaban J connectivity index is 2.03. The van der Waals surface area contributed by atoms with E-state index in [0.29, 0.717) is 0 Å². The first-order valence-electron chi connectivity index (χ1n) is 9.16. The van der Waals surface area contributed by atoms with Crippen LogP contribution in [0, 0.1) is 0 Å². The molecule has 0 saturated carbocycles. The van der Waals surface area contributed by atoms with E-state index >= 15 is 0 Å². The minimum absolute atomic E-state index is 0.876. The van der Waals surface area contributed by atoms with Crippen molar-refractivity contribution in [1.82, 2.24) is 0 Å². The number of hydrogen-bond acceptors (Lipinski definition) is 2. The van der Waals surface area contributed by atoms with Gasteiger partial charge in [0.2, 0.25) is 0 Å². The minimum Gasteiger partial charge on any atom is -0.251 e. The molecule has 2 nitrogen and oxygen atoms in total. The van der Waals surface area contributed by atoms with Crippen molar-refractivity contribution < 1.29 is 0 Å². The van der Waals surface area contributed by atoms with Gasteiger partial charge < -0.3 is 0 Å². The van der Waals surface area contributed by atoms with Crippen LogP contribution in [0.15, 0.2) is 94.9 Å². The molecule has 0 aliphatic heterocycles. The van der Waals surface area contributed by atoms with Crippen molar-refractivity contribution in [3.8, 4) is 0 Å². The Bertz CT molecular complexity index is 817. The lowest BCUT2D eigenvalue weighted by molar-refractivity contribution is 1.25. The van der Waals surface area contributed by atoms with Crippen molar-refractivity contribution >= 4 is 22.8 Å². The molecule has 3 aromatic rings. The molecule has 3 aromatic carbocycles. The molecular weight excluding hydrogens is 316 g/mol. The summed E-state index contributed by atoms with van der Waals surface area (Å²) in [5.74, 6) is 0. The lowest BCUT2D eigenvalue weighted by Crippen LogP contribution is -1.99. The molecule has 0 bridgehead atoms. The largest absolute Gasteiger partial charge is 0.251 e. The molecule has 2 heteroatoms. The number of para-hydroxylation sites is 2. The van der Waals surface area contributed by atoms with Gasteiger partial charge in [-0.25, -0.2) is 0 Å². The number of aliphatic imine (C=N–C) groups is 2. The highest BCUT2D eigenvalue weighted by atomic mass is 14.8. The summed E-state index contributed by atoms with van der Waals surface area (Å²) in [6, 6.07) is 28.8. The van der Waals surface area contributed by atoms with Gasteiger partial charge in [-0.2, -0.15) is 0 Å². The second-order valence-electron chi connectivity index (χ2n) is 6.04. The van der Waals surface area contributed by atoms with Crippen LogP contribution in [0.5, 0.6) is 0 Å². The molecule has 130 valence electrons. The van der Waals surface area contributed by atoms with Crippen LogP contribution in [0.4, 0.5) is 11.4 Å². The van der Waals surface area contributed by atoms with E-state index in [9.17, 15) is 0 Å². The van der Waals surface area contributed by atoms with Gasteiger partial charge in [-0.1, -0.05) is 86.6 Å². The normalized spacial score (nSPS) is 12.2. The summed E-state index contributed by atoms with van der Waals surface area (Å²) in [5, 5.41) is 0. The lowest BCUT2D eigenvalue weighted by Gasteiger charge is -2.08. The molecule has 0 unspecified atom stereocenters. The predicted octanol–water partition coefficient (Wildman–Crippen LogP) is 6.75. The molecule has 0 radical (unpaired) electrons. The lowest BCUT2D eigenvalue weighted by atomic mass is 10.1. The van der Waals surface area contributed by atoms with Crippen molar-refractivity contribution in [3.05, 3.63) is 96.1 Å². The van der Waals surface area contributed by atoms with E-state index in [0.717, 1.165) is 46.8 Å². The summed E-state index contributed by atoms with van der Waals surface area (Å²) in [5.41, 5.74) is 6.29. The first kappa shape index (κ1) is 17.8. The van der Waals surface area contributed by atoms with Crippen molar-refractivity contribution in [2.24, 2.45) is 9.98 Å². The van der Waals surface area contributed by atoms with Crippen LogP contribution in [0.25, 0.3) is 0 Å². The summed E-state index contributed by atoms with van der Waals surface area (Å²) >= 11 is 0. The molecule has 0 spiro atoms. The zero-order valence-corrected chi connectivity index (χ0v) is 15.4. The number of benzene rings is 3. The van der Waals surface area contributed by atoms with Gasteiger partial charge in [0.15, 0.2) is 0 Å². The minimum atomic E-state index is 0.876. The van der Waals surface area contributed by atoms with Crippen LogP contribution in [0.2, 0.25) is 0 Å². The third kappa shape index (κ3) is 4.34. The van der Waals surface area contributed by atoms with E-state index in [1.54, 1.807) is 0 Å². The maximum absolute atomic E-state index is 4.94. The Hall–Kier alpha value is -3.00. The maximum Gasteiger partial charge on any atom is 0.0889 e. The quantitative estimate of drug-likeness (QED) is 0.443. The smallest absolute Gasteiger partial charge is 0.0889 e. The maximum atomic E-state index is 4.94. The Morgan fingerprint density at radius 2 is 0.885 bits per heavy atom. The molecule has 0 N–H and O–H groups in total. The fraction of sp³-hybridized carbons (Fsp3) is 0.167. The highest BCUT2D eigenvalue weighted by Gasteiger charge is 2.06. The van der Waals surface area contributed by atoms with Gasteiger partial charge >= 0.3 is 0 Å². The van der Waals surface area contributed by atoms with Crippen LogP contribution < -0.4 is 0 Å². The SMILES string of the molecule is CCC(=Nc1ccccc1N=C(CC)c1ccccc1)c1ccccc1. The third-order valence-corrected chi connectivity index (χ3v) is 4.28. The van der Waals surface area contributed by atoms with Crippen molar-refractivity contribution in [2.75, 3.05) is 0 Å². The fourth-order valence-electron chi connectivity index (χ4n) is 2.90. The fourth-order valence-corrected chi connectivity index (χ4v) is 2.90. The highest BCUT2D eigenvalue weighted by Crippen LogP contribution is 2.29. The number of hydrogen-bond donors (Lipinski definition) is 0. The molecule has 0 amide bonds. The summed E-state index contributed by atoms with van der Waals surface area (Å²) < 4.78 is 0. The van der Waals surface area contributed by atoms with Crippen LogP contribution in [0.3, 0.4) is 0 Å². The average Bonchev–Trinajstić information content (AvgIpc) is 2.72. The van der Waals surface area contributed by atoms with Gasteiger partial charge in [-0.05, 0) is 36.1 Å². The molecule has 0 aromatic heterocycles. The Morgan fingerprint density at radius 3 is 1.23 bits per heavy atom. The van der Waals surface area contributed by atoms with E-state index < -0.39 is 0 Å². The first-order chi connectivity index (χ1) is 12.8. The van der Waals surface area contributed by atoms with Crippen LogP contribution in [-0.4, -0.2) is 11.4 Å². The monoisotopic (exact) mass is 340 g/mol. The Morgan fingerprint density at radius 1 is 0.538 bits per heavy atom. The van der Waals surface area contributed by atoms with Crippen molar-refractivity contribution in [3.63, 3.8) is 0 Å². The Kier molecular flexibility index (Phi) is 6.10. The van der Waals surface area contributed by atoms with Crippen molar-refractivity contribution in [2.45, 2.75) is 26.7 Å².